The highest BCUT2D eigenvalue weighted by Crippen LogP contribution is 2.34. The molecule has 0 saturated carbocycles. The third-order valence-electron chi connectivity index (χ3n) is 4.95. The topological polar surface area (TPSA) is 87.7 Å². The number of anilines is 3. The number of carbonyl (C=O) groups is 3. The zero-order valence-electron chi connectivity index (χ0n) is 17.6. The lowest BCUT2D eigenvalue weighted by atomic mass is 10.0. The maximum Gasteiger partial charge on any atom is 0.282 e. The Hall–Kier alpha value is -4.39. The van der Waals surface area contributed by atoms with E-state index in [9.17, 15) is 14.4 Å². The van der Waals surface area contributed by atoms with Crippen LogP contribution >= 0.6 is 0 Å². The molecule has 7 heteroatoms. The highest BCUT2D eigenvalue weighted by atomic mass is 16.5. The second-order valence-electron chi connectivity index (χ2n) is 7.14. The summed E-state index contributed by atoms with van der Waals surface area (Å²) in [6.45, 7) is 1.41. The molecule has 3 aromatic rings. The van der Waals surface area contributed by atoms with E-state index in [1.54, 1.807) is 67.8 Å². The van der Waals surface area contributed by atoms with Crippen molar-refractivity contribution in [3.8, 4) is 5.75 Å². The largest absolute Gasteiger partial charge is 0.497 e. The SMILES string of the molecule is COc1ccc(NC2=C(c3ccccc3)C(=O)N(c3ccc(NC(C)=O)cc3)C2=O)cc1. The van der Waals surface area contributed by atoms with Crippen molar-refractivity contribution in [1.29, 1.82) is 0 Å². The minimum atomic E-state index is -0.461. The third-order valence-corrected chi connectivity index (χ3v) is 4.95. The Kier molecular flexibility index (Phi) is 5.72. The van der Waals surface area contributed by atoms with E-state index in [-0.39, 0.29) is 17.2 Å². The fourth-order valence-electron chi connectivity index (χ4n) is 3.47. The van der Waals surface area contributed by atoms with Gasteiger partial charge in [-0.15, -0.1) is 0 Å². The normalized spacial score (nSPS) is 13.4. The standard InChI is InChI=1S/C25H21N3O4/c1-16(29)26-18-8-12-20(13-9-18)28-24(30)22(17-6-4-3-5-7-17)23(25(28)31)27-19-10-14-21(32-2)15-11-19/h3-15,27H,1-2H3,(H,26,29). The first-order valence-corrected chi connectivity index (χ1v) is 9.95. The first kappa shape index (κ1) is 20.9. The highest BCUT2D eigenvalue weighted by Gasteiger charge is 2.40. The van der Waals surface area contributed by atoms with Crippen LogP contribution in [0.2, 0.25) is 0 Å². The van der Waals surface area contributed by atoms with Crippen molar-refractivity contribution in [1.82, 2.24) is 0 Å². The van der Waals surface area contributed by atoms with Crippen LogP contribution in [0.3, 0.4) is 0 Å². The molecular weight excluding hydrogens is 406 g/mol. The monoisotopic (exact) mass is 427 g/mol. The number of benzene rings is 3. The number of imide groups is 1. The molecule has 7 nitrogen and oxygen atoms in total. The minimum absolute atomic E-state index is 0.192. The smallest absolute Gasteiger partial charge is 0.282 e. The Morgan fingerprint density at radius 3 is 2.03 bits per heavy atom. The molecule has 0 aliphatic carbocycles. The lowest BCUT2D eigenvalue weighted by Gasteiger charge is -2.16. The molecule has 0 atom stereocenters. The maximum atomic E-state index is 13.4. The second-order valence-corrected chi connectivity index (χ2v) is 7.14. The number of ether oxygens (including phenoxy) is 1. The van der Waals surface area contributed by atoms with Crippen molar-refractivity contribution >= 4 is 40.4 Å². The van der Waals surface area contributed by atoms with E-state index >= 15 is 0 Å². The van der Waals surface area contributed by atoms with Gasteiger partial charge in [0.2, 0.25) is 5.91 Å². The van der Waals surface area contributed by atoms with E-state index < -0.39 is 11.8 Å². The molecule has 0 bridgehead atoms. The maximum absolute atomic E-state index is 13.4. The van der Waals surface area contributed by atoms with Crippen LogP contribution in [0.1, 0.15) is 12.5 Å². The zero-order valence-corrected chi connectivity index (χ0v) is 17.6. The van der Waals surface area contributed by atoms with Crippen LogP contribution in [0, 0.1) is 0 Å². The van der Waals surface area contributed by atoms with Crippen LogP contribution in [-0.2, 0) is 14.4 Å². The van der Waals surface area contributed by atoms with Crippen LogP contribution in [-0.4, -0.2) is 24.8 Å². The van der Waals surface area contributed by atoms with Crippen molar-refractivity contribution < 1.29 is 19.1 Å². The first-order valence-electron chi connectivity index (χ1n) is 9.95. The lowest BCUT2D eigenvalue weighted by Crippen LogP contribution is -2.32. The zero-order chi connectivity index (χ0) is 22.7. The number of rotatable bonds is 6. The highest BCUT2D eigenvalue weighted by molar-refractivity contribution is 6.46. The number of hydrogen-bond acceptors (Lipinski definition) is 5. The van der Waals surface area contributed by atoms with Gasteiger partial charge in [-0.3, -0.25) is 14.4 Å². The van der Waals surface area contributed by atoms with Gasteiger partial charge in [-0.05, 0) is 54.1 Å². The average Bonchev–Trinajstić information content (AvgIpc) is 3.04. The Balaban J connectivity index is 1.72. The predicted octanol–water partition coefficient (Wildman–Crippen LogP) is 4.05. The molecule has 1 aliphatic rings. The summed E-state index contributed by atoms with van der Waals surface area (Å²) in [7, 11) is 1.58. The van der Waals surface area contributed by atoms with Crippen molar-refractivity contribution in [2.75, 3.05) is 22.6 Å². The van der Waals surface area contributed by atoms with Crippen molar-refractivity contribution in [3.05, 3.63) is 90.1 Å². The number of amides is 3. The first-order chi connectivity index (χ1) is 15.5. The fourth-order valence-corrected chi connectivity index (χ4v) is 3.47. The Morgan fingerprint density at radius 1 is 0.812 bits per heavy atom. The van der Waals surface area contributed by atoms with Gasteiger partial charge in [0.05, 0.1) is 18.4 Å². The van der Waals surface area contributed by atoms with Gasteiger partial charge in [0, 0.05) is 18.3 Å². The number of nitrogens with zero attached hydrogens (tertiary/aromatic N) is 1. The van der Waals surface area contributed by atoms with Gasteiger partial charge in [-0.25, -0.2) is 4.90 Å². The molecule has 1 heterocycles. The number of methoxy groups -OCH3 is 1. The molecule has 0 unspecified atom stereocenters. The summed E-state index contributed by atoms with van der Waals surface area (Å²) in [6, 6.07) is 22.7. The Bertz CT molecular complexity index is 1200. The van der Waals surface area contributed by atoms with Crippen molar-refractivity contribution in [2.45, 2.75) is 6.92 Å². The predicted molar refractivity (Wildman–Crippen MR) is 123 cm³/mol. The van der Waals surface area contributed by atoms with Gasteiger partial charge in [-0.1, -0.05) is 30.3 Å². The van der Waals surface area contributed by atoms with Crippen LogP contribution in [0.5, 0.6) is 5.75 Å². The quantitative estimate of drug-likeness (QED) is 0.580. The van der Waals surface area contributed by atoms with E-state index in [0.717, 1.165) is 4.90 Å². The van der Waals surface area contributed by atoms with Gasteiger partial charge in [0.25, 0.3) is 11.8 Å². The van der Waals surface area contributed by atoms with Crippen LogP contribution in [0.4, 0.5) is 17.1 Å². The molecular formula is C25H21N3O4. The van der Waals surface area contributed by atoms with E-state index in [2.05, 4.69) is 10.6 Å². The van der Waals surface area contributed by atoms with Gasteiger partial charge in [-0.2, -0.15) is 0 Å². The van der Waals surface area contributed by atoms with Gasteiger partial charge >= 0.3 is 0 Å². The molecule has 0 saturated heterocycles. The Morgan fingerprint density at radius 2 is 1.44 bits per heavy atom. The summed E-state index contributed by atoms with van der Waals surface area (Å²) in [4.78, 5) is 39.2. The van der Waals surface area contributed by atoms with E-state index in [1.165, 1.54) is 6.92 Å². The molecule has 0 radical (unpaired) electrons. The van der Waals surface area contributed by atoms with Crippen LogP contribution < -0.4 is 20.3 Å². The molecule has 32 heavy (non-hydrogen) atoms. The van der Waals surface area contributed by atoms with Crippen molar-refractivity contribution in [3.63, 3.8) is 0 Å². The molecule has 2 N–H and O–H groups in total. The van der Waals surface area contributed by atoms with Crippen LogP contribution in [0.15, 0.2) is 84.6 Å². The average molecular weight is 427 g/mol. The van der Waals surface area contributed by atoms with E-state index in [1.807, 2.05) is 18.2 Å². The van der Waals surface area contributed by atoms with Gasteiger partial charge < -0.3 is 15.4 Å². The van der Waals surface area contributed by atoms with E-state index in [4.69, 9.17) is 4.74 Å². The molecule has 0 spiro atoms. The van der Waals surface area contributed by atoms with Gasteiger partial charge in [0.1, 0.15) is 11.4 Å². The molecule has 0 aromatic heterocycles. The number of hydrogen-bond donors (Lipinski definition) is 2. The van der Waals surface area contributed by atoms with Crippen LogP contribution in [0.25, 0.3) is 5.57 Å². The summed E-state index contributed by atoms with van der Waals surface area (Å²) in [5.41, 5.74) is 2.76. The molecule has 4 rings (SSSR count). The summed E-state index contributed by atoms with van der Waals surface area (Å²) in [6.07, 6.45) is 0. The number of carbonyl (C=O) groups excluding carboxylic acids is 3. The van der Waals surface area contributed by atoms with E-state index in [0.29, 0.717) is 28.4 Å². The van der Waals surface area contributed by atoms with Gasteiger partial charge in [0.15, 0.2) is 0 Å². The lowest BCUT2D eigenvalue weighted by molar-refractivity contribution is -0.120. The molecule has 160 valence electrons. The minimum Gasteiger partial charge on any atom is -0.497 e. The fraction of sp³-hybridized carbons (Fsp3) is 0.0800. The summed E-state index contributed by atoms with van der Waals surface area (Å²) >= 11 is 0. The molecule has 1 aliphatic heterocycles. The summed E-state index contributed by atoms with van der Waals surface area (Å²) < 4.78 is 5.18. The molecule has 3 amide bonds. The number of nitrogens with one attached hydrogen (secondary N) is 2. The van der Waals surface area contributed by atoms with Crippen molar-refractivity contribution in [2.24, 2.45) is 0 Å². The molecule has 3 aromatic carbocycles. The second kappa shape index (κ2) is 8.77. The third kappa shape index (κ3) is 4.09. The molecule has 0 fully saturated rings. The Labute approximate surface area is 185 Å². The summed E-state index contributed by atoms with van der Waals surface area (Å²) in [5.74, 6) is -0.408. The summed E-state index contributed by atoms with van der Waals surface area (Å²) in [5, 5.41) is 5.78.